The molecule has 1 fully saturated rings. The zero-order chi connectivity index (χ0) is 29.1. The summed E-state index contributed by atoms with van der Waals surface area (Å²) in [6.45, 7) is 1.80. The highest BCUT2D eigenvalue weighted by Gasteiger charge is 2.42. The van der Waals surface area contributed by atoms with E-state index in [4.69, 9.17) is 23.2 Å². The van der Waals surface area contributed by atoms with E-state index >= 15 is 0 Å². The second-order valence-electron chi connectivity index (χ2n) is 11.6. The molecule has 4 aromatic carbocycles. The van der Waals surface area contributed by atoms with Crippen LogP contribution in [0.4, 0.5) is 11.4 Å². The third-order valence-corrected chi connectivity index (χ3v) is 9.99. The van der Waals surface area contributed by atoms with Gasteiger partial charge in [0, 0.05) is 72.7 Å². The summed E-state index contributed by atoms with van der Waals surface area (Å²) in [6, 6.07) is 18.6. The standard InChI is InChI=1S/C33H31Cl2N3O4/c34-12-20-16-37(26-10-28(39)22-5-1-3-7-24(22)30(20)26)32(41)18-9-19(15-36-14-18)33(42)38-17-21(13-35)31-25-8-4-2-6-23(25)29(40)11-27(31)38/h1-8,10-11,18-21,36,39-40H,9,12-17H2/t18-,19+,20?,21?. The molecule has 3 aliphatic heterocycles. The van der Waals surface area contributed by atoms with Gasteiger partial charge in [0.15, 0.2) is 0 Å². The van der Waals surface area contributed by atoms with Crippen LogP contribution in [0.15, 0.2) is 60.7 Å². The van der Waals surface area contributed by atoms with Gasteiger partial charge in [-0.25, -0.2) is 0 Å². The molecule has 4 aromatic rings. The number of benzene rings is 4. The minimum Gasteiger partial charge on any atom is -0.507 e. The van der Waals surface area contributed by atoms with Crippen LogP contribution >= 0.6 is 23.2 Å². The molecule has 7 rings (SSSR count). The second-order valence-corrected chi connectivity index (χ2v) is 12.3. The Hall–Kier alpha value is -3.52. The van der Waals surface area contributed by atoms with Crippen LogP contribution in [-0.4, -0.2) is 60.0 Å². The first-order chi connectivity index (χ1) is 20.4. The number of halogens is 2. The number of carbonyl (C=O) groups is 2. The Balaban J connectivity index is 1.17. The average Bonchev–Trinajstić information content (AvgIpc) is 3.59. The highest BCUT2D eigenvalue weighted by Crippen LogP contribution is 2.47. The van der Waals surface area contributed by atoms with E-state index in [-0.39, 0.29) is 35.1 Å². The molecular formula is C33H31Cl2N3O4. The Kier molecular flexibility index (Phi) is 6.92. The molecule has 0 saturated carbocycles. The van der Waals surface area contributed by atoms with Gasteiger partial charge in [0.05, 0.1) is 23.2 Å². The van der Waals surface area contributed by atoms with Crippen molar-refractivity contribution in [1.82, 2.24) is 5.32 Å². The van der Waals surface area contributed by atoms with Crippen molar-refractivity contribution in [2.24, 2.45) is 11.8 Å². The number of amides is 2. The molecule has 0 aliphatic carbocycles. The first kappa shape index (κ1) is 27.3. The number of nitrogens with one attached hydrogen (secondary N) is 1. The van der Waals surface area contributed by atoms with Crippen LogP contribution in [-0.2, 0) is 9.59 Å². The van der Waals surface area contributed by atoms with E-state index in [0.717, 1.165) is 32.7 Å². The Labute approximate surface area is 253 Å². The van der Waals surface area contributed by atoms with Crippen molar-refractivity contribution >= 4 is 67.9 Å². The van der Waals surface area contributed by atoms with Crippen LogP contribution in [0.3, 0.4) is 0 Å². The van der Waals surface area contributed by atoms with Gasteiger partial charge in [-0.05, 0) is 28.3 Å². The number of rotatable bonds is 4. The first-order valence-electron chi connectivity index (χ1n) is 14.4. The highest BCUT2D eigenvalue weighted by atomic mass is 35.5. The van der Waals surface area contributed by atoms with Crippen molar-refractivity contribution < 1.29 is 19.8 Å². The molecule has 4 atom stereocenters. The predicted octanol–water partition coefficient (Wildman–Crippen LogP) is 5.67. The molecule has 9 heteroatoms. The number of aromatic hydroxyl groups is 2. The maximum atomic E-state index is 14.0. The molecule has 3 N–H and O–H groups in total. The highest BCUT2D eigenvalue weighted by molar-refractivity contribution is 6.19. The van der Waals surface area contributed by atoms with Gasteiger partial charge < -0.3 is 25.3 Å². The maximum absolute atomic E-state index is 14.0. The molecule has 3 aliphatic rings. The summed E-state index contributed by atoms with van der Waals surface area (Å²) in [5.74, 6) is -0.129. The molecule has 216 valence electrons. The minimum atomic E-state index is -0.417. The van der Waals surface area contributed by atoms with E-state index < -0.39 is 11.8 Å². The van der Waals surface area contributed by atoms with Gasteiger partial charge in [-0.1, -0.05) is 48.5 Å². The number of carbonyl (C=O) groups excluding carboxylic acids is 2. The van der Waals surface area contributed by atoms with Gasteiger partial charge in [0.2, 0.25) is 11.8 Å². The van der Waals surface area contributed by atoms with Crippen molar-refractivity contribution in [3.63, 3.8) is 0 Å². The lowest BCUT2D eigenvalue weighted by molar-refractivity contribution is -0.126. The SMILES string of the molecule is O=C([C@@H]1CNC[C@H](C(=O)N2CC(CCl)c3c2cc(O)c2ccccc32)C1)N1CC(CCl)c2c1cc(O)c1ccccc21. The lowest BCUT2D eigenvalue weighted by atomic mass is 9.88. The quantitative estimate of drug-likeness (QED) is 0.261. The molecule has 7 nitrogen and oxygen atoms in total. The van der Waals surface area contributed by atoms with Gasteiger partial charge in [-0.2, -0.15) is 0 Å². The van der Waals surface area contributed by atoms with Crippen molar-refractivity contribution in [3.8, 4) is 11.5 Å². The molecule has 2 unspecified atom stereocenters. The zero-order valence-electron chi connectivity index (χ0n) is 22.9. The number of hydrogen-bond acceptors (Lipinski definition) is 5. The van der Waals surface area contributed by atoms with E-state index in [0.29, 0.717) is 55.7 Å². The summed E-state index contributed by atoms with van der Waals surface area (Å²) in [6.07, 6.45) is 0.401. The number of alkyl halides is 2. The van der Waals surface area contributed by atoms with Crippen LogP contribution in [0.25, 0.3) is 21.5 Å². The number of anilines is 2. The lowest BCUT2D eigenvalue weighted by Crippen LogP contribution is -2.50. The van der Waals surface area contributed by atoms with Gasteiger partial charge in [-0.3, -0.25) is 9.59 Å². The van der Waals surface area contributed by atoms with Crippen LogP contribution in [0.5, 0.6) is 11.5 Å². The summed E-state index contributed by atoms with van der Waals surface area (Å²) in [5, 5.41) is 28.2. The zero-order valence-corrected chi connectivity index (χ0v) is 24.4. The molecule has 1 saturated heterocycles. The Morgan fingerprint density at radius 2 is 1.12 bits per heavy atom. The number of piperidine rings is 1. The van der Waals surface area contributed by atoms with Crippen LogP contribution in [0.1, 0.15) is 29.4 Å². The molecule has 0 spiro atoms. The normalized spacial score (nSPS) is 23.4. The second kappa shape index (κ2) is 10.6. The van der Waals surface area contributed by atoms with E-state index in [9.17, 15) is 19.8 Å². The smallest absolute Gasteiger partial charge is 0.231 e. The summed E-state index contributed by atoms with van der Waals surface area (Å²) >= 11 is 12.8. The number of phenolic OH excluding ortho intramolecular Hbond substituents is 2. The van der Waals surface area contributed by atoms with Crippen molar-refractivity contribution in [2.75, 3.05) is 47.7 Å². The molecule has 2 amide bonds. The topological polar surface area (TPSA) is 93.1 Å². The Morgan fingerprint density at radius 3 is 1.52 bits per heavy atom. The third kappa shape index (κ3) is 4.21. The van der Waals surface area contributed by atoms with E-state index in [1.165, 1.54) is 0 Å². The largest absolute Gasteiger partial charge is 0.507 e. The van der Waals surface area contributed by atoms with Crippen LogP contribution in [0.2, 0.25) is 0 Å². The first-order valence-corrected chi connectivity index (χ1v) is 15.4. The molecular weight excluding hydrogens is 573 g/mol. The van der Waals surface area contributed by atoms with Gasteiger partial charge in [0.1, 0.15) is 11.5 Å². The van der Waals surface area contributed by atoms with E-state index in [1.807, 2.05) is 48.5 Å². The molecule has 0 aromatic heterocycles. The summed E-state index contributed by atoms with van der Waals surface area (Å²) in [7, 11) is 0. The third-order valence-electron chi connectivity index (χ3n) is 9.24. The summed E-state index contributed by atoms with van der Waals surface area (Å²) in [4.78, 5) is 31.6. The van der Waals surface area contributed by atoms with E-state index in [2.05, 4.69) is 5.32 Å². The van der Waals surface area contributed by atoms with Crippen LogP contribution < -0.4 is 15.1 Å². The fraction of sp³-hybridized carbons (Fsp3) is 0.333. The number of nitrogens with zero attached hydrogens (tertiary/aromatic N) is 2. The molecule has 3 heterocycles. The average molecular weight is 605 g/mol. The summed E-state index contributed by atoms with van der Waals surface area (Å²) in [5.41, 5.74) is 3.35. The predicted molar refractivity (Wildman–Crippen MR) is 167 cm³/mol. The van der Waals surface area contributed by atoms with Gasteiger partial charge in [0.25, 0.3) is 0 Å². The van der Waals surface area contributed by atoms with Crippen LogP contribution in [0, 0.1) is 11.8 Å². The fourth-order valence-corrected chi connectivity index (χ4v) is 7.79. The number of hydrogen-bond donors (Lipinski definition) is 3. The molecule has 42 heavy (non-hydrogen) atoms. The van der Waals surface area contributed by atoms with Gasteiger partial charge in [-0.15, -0.1) is 23.2 Å². The fourth-order valence-electron chi connectivity index (χ4n) is 7.28. The maximum Gasteiger partial charge on any atom is 0.231 e. The van der Waals surface area contributed by atoms with Crippen molar-refractivity contribution in [2.45, 2.75) is 18.3 Å². The van der Waals surface area contributed by atoms with Crippen molar-refractivity contribution in [3.05, 3.63) is 71.8 Å². The van der Waals surface area contributed by atoms with E-state index in [1.54, 1.807) is 21.9 Å². The van der Waals surface area contributed by atoms with Crippen molar-refractivity contribution in [1.29, 1.82) is 0 Å². The summed E-state index contributed by atoms with van der Waals surface area (Å²) < 4.78 is 0. The Bertz CT molecular complexity index is 1620. The number of fused-ring (bicyclic) bond motifs is 6. The molecule has 0 radical (unpaired) electrons. The lowest BCUT2D eigenvalue weighted by Gasteiger charge is -2.33. The van der Waals surface area contributed by atoms with Gasteiger partial charge >= 0.3 is 0 Å². The number of phenols is 2. The Morgan fingerprint density at radius 1 is 0.714 bits per heavy atom. The minimum absolute atomic E-state index is 0.0545. The monoisotopic (exact) mass is 603 g/mol. The molecule has 0 bridgehead atoms.